The molecular formula is C33H40N6O5S. The van der Waals surface area contributed by atoms with Crippen LogP contribution in [0, 0.1) is 6.92 Å². The second-order valence-electron chi connectivity index (χ2n) is 12.0. The summed E-state index contributed by atoms with van der Waals surface area (Å²) in [6.07, 6.45) is 4.41. The van der Waals surface area contributed by atoms with Crippen LogP contribution in [0.25, 0.3) is 21.5 Å². The second kappa shape index (κ2) is 13.2. The van der Waals surface area contributed by atoms with Gasteiger partial charge >= 0.3 is 6.09 Å². The average Bonchev–Trinajstić information content (AvgIpc) is 3.64. The van der Waals surface area contributed by atoms with E-state index in [9.17, 15) is 19.8 Å². The van der Waals surface area contributed by atoms with E-state index in [0.29, 0.717) is 30.8 Å². The molecule has 2 aliphatic rings. The van der Waals surface area contributed by atoms with E-state index in [2.05, 4.69) is 15.3 Å². The summed E-state index contributed by atoms with van der Waals surface area (Å²) in [4.78, 5) is 38.8. The van der Waals surface area contributed by atoms with E-state index >= 15 is 0 Å². The van der Waals surface area contributed by atoms with Gasteiger partial charge in [0.05, 0.1) is 45.9 Å². The number of hydrogen-bond donors (Lipinski definition) is 3. The standard InChI is InChI=1S/C33H40N6O5S/c1-22-36-26-18-24(11-12-27(26)45-22)34-15-13-25-19-37(32(41)42)16-17-38(25)31(40)29-30(23-8-4-3-5-9-23)39(21-35-29)28-10-6-7-14-33(28,43)20-44-2/h3-5,8-9,11-12,18,21,25,28,34,43H,6-7,10,13-17,19-20H2,1-2H3,(H,41,42)/t25-,28-,33-/m1/s1. The topological polar surface area (TPSA) is 133 Å². The largest absolute Gasteiger partial charge is 0.465 e. The minimum atomic E-state index is -1.08. The van der Waals surface area contributed by atoms with Crippen molar-refractivity contribution in [2.75, 3.05) is 45.2 Å². The van der Waals surface area contributed by atoms with Crippen LogP contribution in [0.3, 0.4) is 0 Å². The lowest BCUT2D eigenvalue weighted by Gasteiger charge is -2.41. The molecule has 12 heteroatoms. The number of thiazole rings is 1. The Morgan fingerprint density at radius 1 is 1.16 bits per heavy atom. The van der Waals surface area contributed by atoms with Crippen molar-refractivity contribution >= 4 is 39.2 Å². The first-order chi connectivity index (χ1) is 21.8. The molecular weight excluding hydrogens is 592 g/mol. The Hall–Kier alpha value is -4.00. The van der Waals surface area contributed by atoms with Crippen LogP contribution in [0.4, 0.5) is 10.5 Å². The number of aryl methyl sites for hydroxylation is 1. The van der Waals surface area contributed by atoms with Gasteiger partial charge in [0.1, 0.15) is 5.60 Å². The number of nitrogens with zero attached hydrogens (tertiary/aromatic N) is 5. The van der Waals surface area contributed by atoms with E-state index in [4.69, 9.17) is 4.74 Å². The number of ether oxygens (including phenoxy) is 1. The van der Waals surface area contributed by atoms with E-state index in [1.54, 1.807) is 29.7 Å². The number of benzene rings is 2. The number of piperazine rings is 1. The van der Waals surface area contributed by atoms with Crippen molar-refractivity contribution in [2.45, 2.75) is 56.7 Å². The summed E-state index contributed by atoms with van der Waals surface area (Å²) in [6, 6.07) is 15.1. The Labute approximate surface area is 266 Å². The molecule has 1 saturated carbocycles. The summed E-state index contributed by atoms with van der Waals surface area (Å²) in [5.74, 6) is -0.242. The molecule has 3 atom stereocenters. The van der Waals surface area contributed by atoms with E-state index in [-0.39, 0.29) is 44.2 Å². The van der Waals surface area contributed by atoms with E-state index in [0.717, 1.165) is 45.7 Å². The van der Waals surface area contributed by atoms with Gasteiger partial charge in [-0.1, -0.05) is 43.2 Å². The number of carboxylic acid groups (broad SMARTS) is 1. The van der Waals surface area contributed by atoms with Gasteiger partial charge in [0.25, 0.3) is 5.91 Å². The summed E-state index contributed by atoms with van der Waals surface area (Å²) >= 11 is 1.65. The van der Waals surface area contributed by atoms with Crippen LogP contribution in [0.1, 0.15) is 53.6 Å². The third kappa shape index (κ3) is 6.40. The zero-order valence-corrected chi connectivity index (χ0v) is 26.5. The molecule has 11 nitrogen and oxygen atoms in total. The Morgan fingerprint density at radius 3 is 2.76 bits per heavy atom. The summed E-state index contributed by atoms with van der Waals surface area (Å²) < 4.78 is 8.53. The molecule has 1 aliphatic carbocycles. The van der Waals surface area contributed by atoms with Crippen molar-refractivity contribution in [2.24, 2.45) is 0 Å². The molecule has 2 fully saturated rings. The highest BCUT2D eigenvalue weighted by Gasteiger charge is 2.42. The zero-order chi connectivity index (χ0) is 31.6. The van der Waals surface area contributed by atoms with Gasteiger partial charge in [-0.3, -0.25) is 4.79 Å². The number of aliphatic hydroxyl groups is 1. The van der Waals surface area contributed by atoms with Crippen molar-refractivity contribution in [3.63, 3.8) is 0 Å². The first kappa shape index (κ1) is 31.0. The van der Waals surface area contributed by atoms with Crippen LogP contribution >= 0.6 is 11.3 Å². The van der Waals surface area contributed by atoms with Crippen molar-refractivity contribution < 1.29 is 24.5 Å². The fourth-order valence-electron chi connectivity index (χ4n) is 6.87. The molecule has 238 valence electrons. The molecule has 1 saturated heterocycles. The lowest BCUT2D eigenvalue weighted by atomic mass is 9.80. The predicted octanol–water partition coefficient (Wildman–Crippen LogP) is 5.27. The smallest absolute Gasteiger partial charge is 0.407 e. The van der Waals surface area contributed by atoms with Gasteiger partial charge in [0.15, 0.2) is 5.69 Å². The molecule has 3 heterocycles. The van der Waals surface area contributed by atoms with Crippen LogP contribution < -0.4 is 5.32 Å². The SMILES string of the molecule is COC[C@]1(O)CCCC[C@H]1n1cnc(C(=O)N2CCN(C(=O)O)C[C@H]2CCNc2ccc3sc(C)nc3c2)c1-c1ccccc1. The fraction of sp³-hybridized carbons (Fsp3) is 0.455. The van der Waals surface area contributed by atoms with Crippen LogP contribution in [0.15, 0.2) is 54.9 Å². The average molecular weight is 633 g/mol. The van der Waals surface area contributed by atoms with Gasteiger partial charge < -0.3 is 34.6 Å². The number of amides is 2. The highest BCUT2D eigenvalue weighted by Crippen LogP contribution is 2.41. The van der Waals surface area contributed by atoms with Crippen molar-refractivity contribution in [1.82, 2.24) is 24.3 Å². The Morgan fingerprint density at radius 2 is 1.98 bits per heavy atom. The van der Waals surface area contributed by atoms with Crippen LogP contribution in [-0.4, -0.2) is 98.1 Å². The summed E-state index contributed by atoms with van der Waals surface area (Å²) in [5, 5.41) is 25.9. The molecule has 0 radical (unpaired) electrons. The maximum absolute atomic E-state index is 14.4. The van der Waals surface area contributed by atoms with E-state index < -0.39 is 11.7 Å². The van der Waals surface area contributed by atoms with Gasteiger partial charge in [-0.15, -0.1) is 11.3 Å². The van der Waals surface area contributed by atoms with Gasteiger partial charge in [0, 0.05) is 44.5 Å². The van der Waals surface area contributed by atoms with Gasteiger partial charge in [-0.2, -0.15) is 0 Å². The first-order valence-electron chi connectivity index (χ1n) is 15.5. The predicted molar refractivity (Wildman–Crippen MR) is 174 cm³/mol. The molecule has 2 aromatic heterocycles. The summed E-state index contributed by atoms with van der Waals surface area (Å²) in [6.45, 7) is 3.42. The van der Waals surface area contributed by atoms with Crippen LogP contribution in [-0.2, 0) is 4.74 Å². The van der Waals surface area contributed by atoms with Crippen molar-refractivity contribution in [1.29, 1.82) is 0 Å². The lowest BCUT2D eigenvalue weighted by molar-refractivity contribution is -0.0893. The number of rotatable bonds is 9. The maximum atomic E-state index is 14.4. The number of carbonyl (C=O) groups is 2. The second-order valence-corrected chi connectivity index (χ2v) is 13.3. The van der Waals surface area contributed by atoms with Gasteiger partial charge in [-0.25, -0.2) is 14.8 Å². The number of aromatic nitrogens is 3. The van der Waals surface area contributed by atoms with Crippen molar-refractivity contribution in [3.8, 4) is 11.3 Å². The van der Waals surface area contributed by atoms with Crippen molar-refractivity contribution in [3.05, 3.63) is 65.6 Å². The van der Waals surface area contributed by atoms with Crippen LogP contribution in [0.5, 0.6) is 0 Å². The summed E-state index contributed by atoms with van der Waals surface area (Å²) in [7, 11) is 1.59. The normalized spacial score (nSPS) is 22.1. The molecule has 3 N–H and O–H groups in total. The molecule has 2 aromatic carbocycles. The number of fused-ring (bicyclic) bond motifs is 1. The lowest BCUT2D eigenvalue weighted by Crippen LogP contribution is -2.56. The van der Waals surface area contributed by atoms with Gasteiger partial charge in [-0.05, 0) is 44.4 Å². The number of anilines is 1. The molecule has 4 aromatic rings. The molecule has 1 aliphatic heterocycles. The highest BCUT2D eigenvalue weighted by atomic mass is 32.1. The molecule has 0 unspecified atom stereocenters. The maximum Gasteiger partial charge on any atom is 0.407 e. The number of imidazole rings is 1. The van der Waals surface area contributed by atoms with Gasteiger partial charge in [0.2, 0.25) is 0 Å². The number of hydrogen-bond acceptors (Lipinski definition) is 8. The quantitative estimate of drug-likeness (QED) is 0.227. The Balaban J connectivity index is 1.28. The highest BCUT2D eigenvalue weighted by molar-refractivity contribution is 7.18. The third-order valence-electron chi connectivity index (χ3n) is 9.05. The third-order valence-corrected chi connectivity index (χ3v) is 10.00. The number of methoxy groups -OCH3 is 1. The minimum Gasteiger partial charge on any atom is -0.465 e. The zero-order valence-electron chi connectivity index (χ0n) is 25.7. The summed E-state index contributed by atoms with van der Waals surface area (Å²) in [5.41, 5.74) is 2.58. The number of nitrogens with one attached hydrogen (secondary N) is 1. The Kier molecular flexibility index (Phi) is 9.06. The van der Waals surface area contributed by atoms with E-state index in [1.807, 2.05) is 60.0 Å². The van der Waals surface area contributed by atoms with E-state index in [1.165, 1.54) is 4.90 Å². The fourth-order valence-corrected chi connectivity index (χ4v) is 7.68. The molecule has 0 bridgehead atoms. The monoisotopic (exact) mass is 632 g/mol. The molecule has 2 amide bonds. The minimum absolute atomic E-state index is 0.189. The molecule has 6 rings (SSSR count). The Bertz CT molecular complexity index is 1650. The van der Waals surface area contributed by atoms with Crippen LogP contribution in [0.2, 0.25) is 0 Å². The molecule has 45 heavy (non-hydrogen) atoms. The number of carbonyl (C=O) groups excluding carboxylic acids is 1. The first-order valence-corrected chi connectivity index (χ1v) is 16.3. The molecule has 0 spiro atoms.